The average molecular weight is 250 g/mol. The number of carbonyl (C=O) groups is 1. The van der Waals surface area contributed by atoms with Crippen LogP contribution in [-0.2, 0) is 10.8 Å². The first kappa shape index (κ1) is 11.2. The van der Waals surface area contributed by atoms with Crippen molar-refractivity contribution in [2.24, 2.45) is 0 Å². The van der Waals surface area contributed by atoms with Crippen LogP contribution in [0.5, 0.6) is 0 Å². The number of benzene rings is 1. The van der Waals surface area contributed by atoms with Gasteiger partial charge >= 0.3 is 0 Å². The van der Waals surface area contributed by atoms with Crippen LogP contribution < -0.4 is 0 Å². The first-order valence-corrected chi connectivity index (χ1v) is 6.97. The SMILES string of the molecule is O=C(CS(=O)c1ccccc1)c1cccs1. The Morgan fingerprint density at radius 2 is 1.88 bits per heavy atom. The third-order valence-electron chi connectivity index (χ3n) is 2.06. The van der Waals surface area contributed by atoms with Gasteiger partial charge in [-0.3, -0.25) is 9.00 Å². The molecule has 0 bridgehead atoms. The summed E-state index contributed by atoms with van der Waals surface area (Å²) >= 11 is 1.38. The number of hydrogen-bond donors (Lipinski definition) is 0. The fourth-order valence-electron chi connectivity index (χ4n) is 1.28. The van der Waals surface area contributed by atoms with Crippen LogP contribution in [0, 0.1) is 0 Å². The maximum absolute atomic E-state index is 11.8. The van der Waals surface area contributed by atoms with Gasteiger partial charge in [0.15, 0.2) is 5.78 Å². The van der Waals surface area contributed by atoms with E-state index in [9.17, 15) is 9.00 Å². The van der Waals surface area contributed by atoms with Crippen molar-refractivity contribution in [3.8, 4) is 0 Å². The fourth-order valence-corrected chi connectivity index (χ4v) is 3.06. The lowest BCUT2D eigenvalue weighted by molar-refractivity contribution is 0.102. The molecule has 1 unspecified atom stereocenters. The number of rotatable bonds is 4. The predicted molar refractivity (Wildman–Crippen MR) is 66.4 cm³/mol. The van der Waals surface area contributed by atoms with Crippen LogP contribution >= 0.6 is 11.3 Å². The summed E-state index contributed by atoms with van der Waals surface area (Å²) in [6.45, 7) is 0. The maximum Gasteiger partial charge on any atom is 0.185 e. The van der Waals surface area contributed by atoms with E-state index >= 15 is 0 Å². The van der Waals surface area contributed by atoms with E-state index in [-0.39, 0.29) is 11.5 Å². The van der Waals surface area contributed by atoms with Gasteiger partial charge in [0.05, 0.1) is 21.4 Å². The van der Waals surface area contributed by atoms with Crippen LogP contribution in [0.2, 0.25) is 0 Å². The summed E-state index contributed by atoms with van der Waals surface area (Å²) in [6.07, 6.45) is 0. The molecule has 4 heteroatoms. The first-order valence-electron chi connectivity index (χ1n) is 4.77. The molecule has 1 atom stereocenters. The largest absolute Gasteiger partial charge is 0.292 e. The van der Waals surface area contributed by atoms with Crippen molar-refractivity contribution < 1.29 is 9.00 Å². The van der Waals surface area contributed by atoms with Crippen LogP contribution in [0.4, 0.5) is 0 Å². The van der Waals surface area contributed by atoms with E-state index in [0.717, 1.165) is 0 Å². The fraction of sp³-hybridized carbons (Fsp3) is 0.0833. The Morgan fingerprint density at radius 3 is 2.50 bits per heavy atom. The van der Waals surface area contributed by atoms with Gasteiger partial charge < -0.3 is 0 Å². The number of Topliss-reactive ketones (excluding diaryl/α,β-unsaturated/α-hetero) is 1. The van der Waals surface area contributed by atoms with Crippen LogP contribution in [0.15, 0.2) is 52.7 Å². The van der Waals surface area contributed by atoms with Crippen molar-refractivity contribution in [1.82, 2.24) is 0 Å². The average Bonchev–Trinajstić information content (AvgIpc) is 2.83. The Morgan fingerprint density at radius 1 is 1.12 bits per heavy atom. The molecule has 82 valence electrons. The molecule has 0 saturated carbocycles. The predicted octanol–water partition coefficient (Wildman–Crippen LogP) is 2.74. The zero-order valence-corrected chi connectivity index (χ0v) is 10.1. The van der Waals surface area contributed by atoms with Gasteiger partial charge in [0, 0.05) is 4.90 Å². The molecule has 0 spiro atoms. The van der Waals surface area contributed by atoms with Crippen molar-refractivity contribution in [3.63, 3.8) is 0 Å². The van der Waals surface area contributed by atoms with Crippen LogP contribution in [-0.4, -0.2) is 15.7 Å². The molecule has 0 aliphatic rings. The Bertz CT molecular complexity index is 489. The summed E-state index contributed by atoms with van der Waals surface area (Å²) < 4.78 is 11.8. The molecule has 16 heavy (non-hydrogen) atoms. The number of thiophene rings is 1. The van der Waals surface area contributed by atoms with Gasteiger partial charge in [0.2, 0.25) is 0 Å². The zero-order valence-electron chi connectivity index (χ0n) is 8.46. The zero-order chi connectivity index (χ0) is 11.4. The second-order valence-electron chi connectivity index (χ2n) is 3.20. The maximum atomic E-state index is 11.8. The van der Waals surface area contributed by atoms with E-state index in [0.29, 0.717) is 9.77 Å². The van der Waals surface area contributed by atoms with Gasteiger partial charge in [-0.25, -0.2) is 0 Å². The third-order valence-corrected chi connectivity index (χ3v) is 4.30. The van der Waals surface area contributed by atoms with Crippen molar-refractivity contribution in [3.05, 3.63) is 52.7 Å². The molecule has 0 fully saturated rings. The smallest absolute Gasteiger partial charge is 0.185 e. The summed E-state index contributed by atoms with van der Waals surface area (Å²) in [7, 11) is -1.24. The summed E-state index contributed by atoms with van der Waals surface area (Å²) in [5.41, 5.74) is 0. The van der Waals surface area contributed by atoms with Crippen LogP contribution in [0.25, 0.3) is 0 Å². The second-order valence-corrected chi connectivity index (χ2v) is 5.60. The van der Waals surface area contributed by atoms with Crippen molar-refractivity contribution in [1.29, 1.82) is 0 Å². The molecule has 1 aromatic heterocycles. The lowest BCUT2D eigenvalue weighted by Gasteiger charge is -1.99. The van der Waals surface area contributed by atoms with Gasteiger partial charge in [0.25, 0.3) is 0 Å². The van der Waals surface area contributed by atoms with Crippen molar-refractivity contribution in [2.45, 2.75) is 4.90 Å². The summed E-state index contributed by atoms with van der Waals surface area (Å²) in [5.74, 6) is 0.00189. The van der Waals surface area contributed by atoms with E-state index in [4.69, 9.17) is 0 Å². The molecule has 0 amide bonds. The highest BCUT2D eigenvalue weighted by atomic mass is 32.2. The minimum absolute atomic E-state index is 0.0582. The highest BCUT2D eigenvalue weighted by molar-refractivity contribution is 7.85. The molecular formula is C12H10O2S2. The van der Waals surface area contributed by atoms with E-state index in [1.165, 1.54) is 11.3 Å². The Labute approximate surface area is 100 Å². The lowest BCUT2D eigenvalue weighted by atomic mass is 10.3. The molecule has 0 aliphatic heterocycles. The molecule has 1 heterocycles. The van der Waals surface area contributed by atoms with Crippen molar-refractivity contribution in [2.75, 3.05) is 5.75 Å². The minimum Gasteiger partial charge on any atom is -0.292 e. The molecule has 1 aromatic carbocycles. The molecular weight excluding hydrogens is 240 g/mol. The third kappa shape index (κ3) is 2.65. The Hall–Kier alpha value is -1.26. The number of ketones is 1. The summed E-state index contributed by atoms with van der Waals surface area (Å²) in [5, 5.41) is 1.85. The molecule has 0 saturated heterocycles. The van der Waals surface area contributed by atoms with Gasteiger partial charge in [-0.05, 0) is 23.6 Å². The summed E-state index contributed by atoms with van der Waals surface area (Å²) in [6, 6.07) is 12.6. The minimum atomic E-state index is -1.24. The Kier molecular flexibility index (Phi) is 3.64. The van der Waals surface area contributed by atoms with Crippen LogP contribution in [0.1, 0.15) is 9.67 Å². The second kappa shape index (κ2) is 5.18. The molecule has 0 N–H and O–H groups in total. The van der Waals surface area contributed by atoms with Gasteiger partial charge in [-0.2, -0.15) is 0 Å². The topological polar surface area (TPSA) is 34.1 Å². The molecule has 0 radical (unpaired) electrons. The molecule has 2 rings (SSSR count). The molecule has 2 nitrogen and oxygen atoms in total. The van der Waals surface area contributed by atoms with E-state index < -0.39 is 10.8 Å². The molecule has 0 aliphatic carbocycles. The highest BCUT2D eigenvalue weighted by Gasteiger charge is 2.12. The van der Waals surface area contributed by atoms with E-state index in [1.54, 1.807) is 18.2 Å². The number of carbonyl (C=O) groups excluding carboxylic acids is 1. The lowest BCUT2D eigenvalue weighted by Crippen LogP contribution is -2.09. The van der Waals surface area contributed by atoms with Crippen molar-refractivity contribution >= 4 is 27.9 Å². The number of hydrogen-bond acceptors (Lipinski definition) is 3. The van der Waals surface area contributed by atoms with Crippen LogP contribution in [0.3, 0.4) is 0 Å². The van der Waals surface area contributed by atoms with E-state index in [1.807, 2.05) is 29.6 Å². The first-order chi connectivity index (χ1) is 7.77. The van der Waals surface area contributed by atoms with Gasteiger partial charge in [0.1, 0.15) is 0 Å². The van der Waals surface area contributed by atoms with E-state index in [2.05, 4.69) is 0 Å². The quantitative estimate of drug-likeness (QED) is 0.782. The van der Waals surface area contributed by atoms with Gasteiger partial charge in [-0.1, -0.05) is 24.3 Å². The van der Waals surface area contributed by atoms with Gasteiger partial charge in [-0.15, -0.1) is 11.3 Å². The standard InChI is InChI=1S/C12H10O2S2/c13-11(12-7-4-8-15-12)9-16(14)10-5-2-1-3-6-10/h1-8H,9H2. The Balaban J connectivity index is 2.06. The monoisotopic (exact) mass is 250 g/mol. The summed E-state index contributed by atoms with van der Waals surface area (Å²) in [4.78, 5) is 13.1. The normalized spacial score (nSPS) is 12.2. The molecule has 2 aromatic rings. The highest BCUT2D eigenvalue weighted by Crippen LogP contribution is 2.12.